The molecule has 9 heteroatoms. The third-order valence-electron chi connectivity index (χ3n) is 4.62. The summed E-state index contributed by atoms with van der Waals surface area (Å²) in [5.41, 5.74) is 5.26. The molecule has 0 aromatic heterocycles. The standard InChI is InChI=1S/C24H26N4O5/c1-17(29)27(21-10-6-4-7-11-21)25-15-20-14-23(24(33-19(3)31)16-32-18(2)30)28(26-20)22-12-8-5-9-13-22/h4-15,20,24,26H,16H2,1-3H3/b25-15-/t20-,24+/m1/s1. The van der Waals surface area contributed by atoms with Crippen LogP contribution in [-0.2, 0) is 23.9 Å². The summed E-state index contributed by atoms with van der Waals surface area (Å²) in [6.45, 7) is 3.87. The van der Waals surface area contributed by atoms with Crippen LogP contribution in [0.15, 0.2) is 77.5 Å². The first-order chi connectivity index (χ1) is 15.8. The molecule has 1 aliphatic heterocycles. The number of amides is 1. The largest absolute Gasteiger partial charge is 0.461 e. The Bertz CT molecular complexity index is 1040. The molecule has 1 heterocycles. The van der Waals surface area contributed by atoms with Gasteiger partial charge in [-0.3, -0.25) is 19.4 Å². The van der Waals surface area contributed by atoms with Crippen molar-refractivity contribution in [2.45, 2.75) is 32.9 Å². The Balaban J connectivity index is 1.91. The summed E-state index contributed by atoms with van der Waals surface area (Å²) < 4.78 is 10.6. The number of hydrazone groups is 1. The number of benzene rings is 2. The molecule has 3 rings (SSSR count). The fourth-order valence-corrected chi connectivity index (χ4v) is 3.26. The maximum absolute atomic E-state index is 12.1. The van der Waals surface area contributed by atoms with E-state index < -0.39 is 24.1 Å². The second-order valence-electron chi connectivity index (χ2n) is 7.25. The molecule has 0 radical (unpaired) electrons. The van der Waals surface area contributed by atoms with E-state index in [1.54, 1.807) is 29.4 Å². The normalized spacial score (nSPS) is 16.3. The first kappa shape index (κ1) is 23.7. The van der Waals surface area contributed by atoms with Crippen LogP contribution in [0.3, 0.4) is 0 Å². The van der Waals surface area contributed by atoms with Crippen LogP contribution >= 0.6 is 0 Å². The predicted octanol–water partition coefficient (Wildman–Crippen LogP) is 2.80. The SMILES string of the molecule is CC(=O)OC[C@H](OC(C)=O)C1=C[C@H](/C=N\N(C(C)=O)c2ccccc2)NN1c1ccccc1. The molecule has 2 atom stereocenters. The number of hydrogen-bond donors (Lipinski definition) is 1. The number of nitrogens with one attached hydrogen (secondary N) is 1. The molecule has 0 fully saturated rings. The van der Waals surface area contributed by atoms with Gasteiger partial charge in [-0.15, -0.1) is 0 Å². The zero-order valence-electron chi connectivity index (χ0n) is 18.7. The average molecular weight is 450 g/mol. The summed E-state index contributed by atoms with van der Waals surface area (Å²) in [5, 5.41) is 7.40. The van der Waals surface area contributed by atoms with Crippen LogP contribution in [0.1, 0.15) is 20.8 Å². The lowest BCUT2D eigenvalue weighted by Crippen LogP contribution is -2.42. The van der Waals surface area contributed by atoms with Gasteiger partial charge in [0.05, 0.1) is 23.1 Å². The Morgan fingerprint density at radius 1 is 1.03 bits per heavy atom. The van der Waals surface area contributed by atoms with Crippen LogP contribution in [-0.4, -0.2) is 42.8 Å². The molecule has 0 aliphatic carbocycles. The van der Waals surface area contributed by atoms with E-state index in [-0.39, 0.29) is 12.5 Å². The summed E-state index contributed by atoms with van der Waals surface area (Å²) in [6.07, 6.45) is 2.54. The molecule has 2 aromatic carbocycles. The van der Waals surface area contributed by atoms with Crippen LogP contribution in [0.5, 0.6) is 0 Å². The van der Waals surface area contributed by atoms with Gasteiger partial charge in [0.15, 0.2) is 6.10 Å². The number of ether oxygens (including phenoxy) is 2. The average Bonchev–Trinajstić information content (AvgIpc) is 3.22. The maximum atomic E-state index is 12.1. The third-order valence-corrected chi connectivity index (χ3v) is 4.62. The lowest BCUT2D eigenvalue weighted by molar-refractivity contribution is -0.154. The van der Waals surface area contributed by atoms with E-state index >= 15 is 0 Å². The van der Waals surface area contributed by atoms with Gasteiger partial charge in [-0.25, -0.2) is 10.4 Å². The van der Waals surface area contributed by atoms with Crippen molar-refractivity contribution in [1.82, 2.24) is 5.43 Å². The van der Waals surface area contributed by atoms with Crippen LogP contribution in [0, 0.1) is 0 Å². The van der Waals surface area contributed by atoms with Crippen LogP contribution in [0.25, 0.3) is 0 Å². The van der Waals surface area contributed by atoms with Crippen LogP contribution < -0.4 is 15.4 Å². The van der Waals surface area contributed by atoms with Crippen molar-refractivity contribution >= 4 is 35.4 Å². The maximum Gasteiger partial charge on any atom is 0.303 e. The van der Waals surface area contributed by atoms with Gasteiger partial charge in [-0.05, 0) is 30.3 Å². The third kappa shape index (κ3) is 6.50. The van der Waals surface area contributed by atoms with Gasteiger partial charge in [0.2, 0.25) is 5.91 Å². The Morgan fingerprint density at radius 3 is 2.24 bits per heavy atom. The van der Waals surface area contributed by atoms with E-state index in [1.165, 1.54) is 25.8 Å². The fraction of sp³-hybridized carbons (Fsp3) is 0.250. The smallest absolute Gasteiger partial charge is 0.303 e. The number of esters is 2. The van der Waals surface area contributed by atoms with E-state index in [2.05, 4.69) is 10.5 Å². The van der Waals surface area contributed by atoms with E-state index in [0.717, 1.165) is 5.69 Å². The van der Waals surface area contributed by atoms with Crippen molar-refractivity contribution in [2.24, 2.45) is 5.10 Å². The Morgan fingerprint density at radius 2 is 1.67 bits per heavy atom. The van der Waals surface area contributed by atoms with Crippen molar-refractivity contribution in [3.63, 3.8) is 0 Å². The molecule has 0 unspecified atom stereocenters. The van der Waals surface area contributed by atoms with E-state index in [0.29, 0.717) is 11.4 Å². The molecule has 0 spiro atoms. The second kappa shape index (κ2) is 11.1. The number of hydrogen-bond acceptors (Lipinski definition) is 8. The molecule has 1 N–H and O–H groups in total. The number of carbonyl (C=O) groups is 3. The minimum Gasteiger partial charge on any atom is -0.461 e. The highest BCUT2D eigenvalue weighted by atomic mass is 16.6. The zero-order valence-corrected chi connectivity index (χ0v) is 18.7. The van der Waals surface area contributed by atoms with Gasteiger partial charge in [-0.2, -0.15) is 5.10 Å². The lowest BCUT2D eigenvalue weighted by atomic mass is 10.2. The van der Waals surface area contributed by atoms with Gasteiger partial charge >= 0.3 is 11.9 Å². The highest BCUT2D eigenvalue weighted by Gasteiger charge is 2.32. The van der Waals surface area contributed by atoms with Crippen LogP contribution in [0.4, 0.5) is 11.4 Å². The molecule has 33 heavy (non-hydrogen) atoms. The summed E-state index contributed by atoms with van der Waals surface area (Å²) in [7, 11) is 0. The van der Waals surface area contributed by atoms with Gasteiger partial charge in [-0.1, -0.05) is 36.4 Å². The zero-order chi connectivity index (χ0) is 23.8. The van der Waals surface area contributed by atoms with Gasteiger partial charge in [0.1, 0.15) is 6.61 Å². The minimum absolute atomic E-state index is 0.140. The second-order valence-corrected chi connectivity index (χ2v) is 7.25. The highest BCUT2D eigenvalue weighted by Crippen LogP contribution is 2.26. The number of rotatable bonds is 8. The quantitative estimate of drug-likeness (QED) is 0.375. The van der Waals surface area contributed by atoms with E-state index in [4.69, 9.17) is 9.47 Å². The number of para-hydroxylation sites is 2. The molecule has 1 aliphatic rings. The van der Waals surface area contributed by atoms with Crippen molar-refractivity contribution in [2.75, 3.05) is 16.6 Å². The number of carbonyl (C=O) groups excluding carboxylic acids is 3. The van der Waals surface area contributed by atoms with Gasteiger partial charge in [0, 0.05) is 27.0 Å². The molecule has 0 saturated carbocycles. The lowest BCUT2D eigenvalue weighted by Gasteiger charge is -2.28. The topological polar surface area (TPSA) is 101 Å². The Hall–Kier alpha value is -3.98. The summed E-state index contributed by atoms with van der Waals surface area (Å²) >= 11 is 0. The number of hydrazine groups is 1. The van der Waals surface area contributed by atoms with Gasteiger partial charge < -0.3 is 9.47 Å². The Labute approximate surface area is 192 Å². The molecule has 1 amide bonds. The Kier molecular flexibility index (Phi) is 7.93. The van der Waals surface area contributed by atoms with Gasteiger partial charge in [0.25, 0.3) is 0 Å². The van der Waals surface area contributed by atoms with E-state index in [1.807, 2.05) is 48.5 Å². The first-order valence-electron chi connectivity index (χ1n) is 10.4. The molecule has 0 bridgehead atoms. The van der Waals surface area contributed by atoms with Crippen molar-refractivity contribution in [1.29, 1.82) is 0 Å². The molecule has 9 nitrogen and oxygen atoms in total. The van der Waals surface area contributed by atoms with Crippen molar-refractivity contribution in [3.05, 3.63) is 72.4 Å². The highest BCUT2D eigenvalue weighted by molar-refractivity contribution is 5.92. The minimum atomic E-state index is -0.837. The summed E-state index contributed by atoms with van der Waals surface area (Å²) in [6, 6.07) is 18.0. The van der Waals surface area contributed by atoms with Crippen molar-refractivity contribution in [3.8, 4) is 0 Å². The molecule has 172 valence electrons. The monoisotopic (exact) mass is 450 g/mol. The molecular weight excluding hydrogens is 424 g/mol. The predicted molar refractivity (Wildman–Crippen MR) is 124 cm³/mol. The van der Waals surface area contributed by atoms with E-state index in [9.17, 15) is 14.4 Å². The van der Waals surface area contributed by atoms with Crippen LogP contribution in [0.2, 0.25) is 0 Å². The summed E-state index contributed by atoms with van der Waals surface area (Å²) in [5.74, 6) is -1.24. The molecule has 2 aromatic rings. The molecular formula is C24H26N4O5. The van der Waals surface area contributed by atoms with Crippen molar-refractivity contribution < 1.29 is 23.9 Å². The number of anilines is 2. The number of nitrogens with zero attached hydrogens (tertiary/aromatic N) is 3. The first-order valence-corrected chi connectivity index (χ1v) is 10.4. The molecule has 0 saturated heterocycles. The summed E-state index contributed by atoms with van der Waals surface area (Å²) in [4.78, 5) is 35.2. The fourth-order valence-electron chi connectivity index (χ4n) is 3.26.